The summed E-state index contributed by atoms with van der Waals surface area (Å²) in [5.41, 5.74) is 3.22. The monoisotopic (exact) mass is 298 g/mol. The lowest BCUT2D eigenvalue weighted by atomic mass is 9.86. The zero-order chi connectivity index (χ0) is 14.1. The fraction of sp³-hybridized carbons (Fsp3) is 0.400. The standard InChI is InChI=1S/C15H14N4OS/c1-7-16-12-9-6-10-11(8-2-4-19(10)5-3-8)18-15(9)21-13(12)14(20)17-7/h6,8H,2-5H2,1H3,(H,16,17,20). The van der Waals surface area contributed by atoms with Crippen molar-refractivity contribution in [1.82, 2.24) is 15.0 Å². The largest absolute Gasteiger partial charge is 0.370 e. The van der Waals surface area contributed by atoms with E-state index in [4.69, 9.17) is 4.98 Å². The van der Waals surface area contributed by atoms with Gasteiger partial charge in [0.05, 0.1) is 16.9 Å². The molecule has 0 atom stereocenters. The highest BCUT2D eigenvalue weighted by Gasteiger charge is 2.32. The summed E-state index contributed by atoms with van der Waals surface area (Å²) in [5.74, 6) is 1.25. The number of anilines is 1. The number of hydrogen-bond donors (Lipinski definition) is 1. The molecule has 0 unspecified atom stereocenters. The molecule has 0 amide bonds. The van der Waals surface area contributed by atoms with Crippen LogP contribution in [0.5, 0.6) is 0 Å². The topological polar surface area (TPSA) is 61.9 Å². The molecule has 6 heterocycles. The van der Waals surface area contributed by atoms with Gasteiger partial charge in [0.25, 0.3) is 5.56 Å². The highest BCUT2D eigenvalue weighted by molar-refractivity contribution is 7.25. The Morgan fingerprint density at radius 1 is 1.33 bits per heavy atom. The van der Waals surface area contributed by atoms with Gasteiger partial charge in [-0.2, -0.15) is 0 Å². The van der Waals surface area contributed by atoms with Gasteiger partial charge in [-0.1, -0.05) is 0 Å². The molecule has 3 aromatic rings. The van der Waals surface area contributed by atoms with Gasteiger partial charge >= 0.3 is 0 Å². The van der Waals surface area contributed by atoms with Gasteiger partial charge in [0.2, 0.25) is 0 Å². The van der Waals surface area contributed by atoms with E-state index in [1.54, 1.807) is 0 Å². The Balaban J connectivity index is 1.92. The van der Waals surface area contributed by atoms with Crippen molar-refractivity contribution in [3.05, 3.63) is 27.9 Å². The Bertz CT molecular complexity index is 950. The molecule has 0 aromatic carbocycles. The highest BCUT2D eigenvalue weighted by Crippen LogP contribution is 2.44. The summed E-state index contributed by atoms with van der Waals surface area (Å²) in [6.07, 6.45) is 2.41. The zero-order valence-corrected chi connectivity index (χ0v) is 12.5. The van der Waals surface area contributed by atoms with Gasteiger partial charge in [-0.25, -0.2) is 9.97 Å². The number of hydrogen-bond acceptors (Lipinski definition) is 5. The molecule has 6 heteroatoms. The molecular weight excluding hydrogens is 284 g/mol. The first kappa shape index (κ1) is 11.7. The van der Waals surface area contributed by atoms with Crippen molar-refractivity contribution in [2.75, 3.05) is 18.0 Å². The lowest BCUT2D eigenvalue weighted by molar-refractivity contribution is 0.465. The minimum absolute atomic E-state index is 0.0539. The van der Waals surface area contributed by atoms with Crippen LogP contribution in [-0.4, -0.2) is 28.0 Å². The number of nitrogens with zero attached hydrogens (tertiary/aromatic N) is 3. The first-order valence-electron chi connectivity index (χ1n) is 7.30. The molecule has 0 radical (unpaired) electrons. The van der Waals surface area contributed by atoms with Crippen molar-refractivity contribution in [2.24, 2.45) is 0 Å². The second-order valence-electron chi connectivity index (χ2n) is 5.94. The molecule has 5 nitrogen and oxygen atoms in total. The summed E-state index contributed by atoms with van der Waals surface area (Å²) < 4.78 is 0.688. The van der Waals surface area contributed by atoms with E-state index in [2.05, 4.69) is 20.9 Å². The van der Waals surface area contributed by atoms with Crippen LogP contribution < -0.4 is 10.5 Å². The Morgan fingerprint density at radius 2 is 2.14 bits per heavy atom. The van der Waals surface area contributed by atoms with Gasteiger partial charge in [-0.3, -0.25) is 4.79 Å². The van der Waals surface area contributed by atoms with E-state index in [1.807, 2.05) is 6.92 Å². The number of H-pyrrole nitrogens is 1. The number of piperidine rings is 1. The molecule has 0 spiro atoms. The van der Waals surface area contributed by atoms with E-state index in [9.17, 15) is 4.79 Å². The Hall–Kier alpha value is -1.95. The number of nitrogens with one attached hydrogen (secondary N) is 1. The summed E-state index contributed by atoms with van der Waals surface area (Å²) >= 11 is 1.46. The number of rotatable bonds is 0. The molecule has 0 saturated carbocycles. The summed E-state index contributed by atoms with van der Waals surface area (Å²) in [6, 6.07) is 2.20. The lowest BCUT2D eigenvalue weighted by Crippen LogP contribution is -2.39. The normalized spacial score (nSPS) is 17.9. The number of aromatic amines is 1. The van der Waals surface area contributed by atoms with E-state index >= 15 is 0 Å². The van der Waals surface area contributed by atoms with Gasteiger partial charge in [-0.15, -0.1) is 11.3 Å². The smallest absolute Gasteiger partial charge is 0.268 e. The second kappa shape index (κ2) is 3.82. The van der Waals surface area contributed by atoms with E-state index < -0.39 is 0 Å². The predicted octanol–water partition coefficient (Wildman–Crippen LogP) is 2.54. The number of aromatic nitrogens is 3. The SMILES string of the molecule is Cc1nc2c(sc3nc4c(cc32)N2CCC4CC2)c(=O)[nH]1. The van der Waals surface area contributed by atoms with Crippen LogP contribution in [0.4, 0.5) is 5.69 Å². The van der Waals surface area contributed by atoms with Gasteiger partial charge in [-0.05, 0) is 25.8 Å². The molecule has 3 aromatic heterocycles. The number of pyridine rings is 1. The minimum Gasteiger partial charge on any atom is -0.370 e. The Kier molecular flexibility index (Phi) is 2.13. The summed E-state index contributed by atoms with van der Waals surface area (Å²) in [6.45, 7) is 4.07. The van der Waals surface area contributed by atoms with Gasteiger partial charge in [0.15, 0.2) is 0 Å². The van der Waals surface area contributed by atoms with Crippen LogP contribution in [0.1, 0.15) is 30.3 Å². The van der Waals surface area contributed by atoms with Crippen LogP contribution in [0, 0.1) is 6.92 Å². The highest BCUT2D eigenvalue weighted by atomic mass is 32.1. The summed E-state index contributed by atoms with van der Waals surface area (Å²) in [4.78, 5) is 27.7. The molecule has 0 aliphatic carbocycles. The maximum atomic E-state index is 12.1. The molecule has 6 rings (SSSR count). The Labute approximate surface area is 124 Å². The zero-order valence-electron chi connectivity index (χ0n) is 11.6. The van der Waals surface area contributed by atoms with E-state index in [0.29, 0.717) is 16.4 Å². The molecule has 2 bridgehead atoms. The molecule has 3 aliphatic rings. The lowest BCUT2D eigenvalue weighted by Gasteiger charge is -2.41. The van der Waals surface area contributed by atoms with Gasteiger partial charge in [0, 0.05) is 24.4 Å². The van der Waals surface area contributed by atoms with E-state index in [1.165, 1.54) is 35.6 Å². The van der Waals surface area contributed by atoms with Crippen LogP contribution in [0.15, 0.2) is 10.9 Å². The van der Waals surface area contributed by atoms with Crippen LogP contribution in [0.2, 0.25) is 0 Å². The molecule has 106 valence electrons. The molecule has 3 aliphatic heterocycles. The van der Waals surface area contributed by atoms with Crippen molar-refractivity contribution in [3.8, 4) is 0 Å². The maximum absolute atomic E-state index is 12.1. The average molecular weight is 298 g/mol. The average Bonchev–Trinajstić information content (AvgIpc) is 2.85. The fourth-order valence-electron chi connectivity index (χ4n) is 3.64. The third-order valence-electron chi connectivity index (χ3n) is 4.67. The third kappa shape index (κ3) is 1.48. The molecular formula is C15H14N4OS. The summed E-state index contributed by atoms with van der Waals surface area (Å²) in [7, 11) is 0. The van der Waals surface area contributed by atoms with Crippen molar-refractivity contribution in [3.63, 3.8) is 0 Å². The van der Waals surface area contributed by atoms with E-state index in [-0.39, 0.29) is 5.56 Å². The first-order valence-corrected chi connectivity index (χ1v) is 8.11. The van der Waals surface area contributed by atoms with Crippen molar-refractivity contribution < 1.29 is 0 Å². The maximum Gasteiger partial charge on any atom is 0.268 e. The van der Waals surface area contributed by atoms with Gasteiger partial charge < -0.3 is 9.88 Å². The quantitative estimate of drug-likeness (QED) is 0.693. The van der Waals surface area contributed by atoms with Gasteiger partial charge in [0.1, 0.15) is 15.4 Å². The van der Waals surface area contributed by atoms with Crippen LogP contribution >= 0.6 is 11.3 Å². The molecule has 21 heavy (non-hydrogen) atoms. The summed E-state index contributed by atoms with van der Waals surface area (Å²) in [5, 5.41) is 1.02. The van der Waals surface area contributed by atoms with E-state index in [0.717, 1.165) is 28.8 Å². The van der Waals surface area contributed by atoms with Crippen molar-refractivity contribution in [2.45, 2.75) is 25.7 Å². The van der Waals surface area contributed by atoms with Crippen LogP contribution in [0.25, 0.3) is 20.4 Å². The fourth-order valence-corrected chi connectivity index (χ4v) is 4.64. The first-order chi connectivity index (χ1) is 10.2. The third-order valence-corrected chi connectivity index (χ3v) is 5.75. The van der Waals surface area contributed by atoms with Crippen molar-refractivity contribution in [1.29, 1.82) is 0 Å². The molecule has 1 N–H and O–H groups in total. The number of thiophene rings is 1. The molecule has 1 fully saturated rings. The van der Waals surface area contributed by atoms with Crippen molar-refractivity contribution >= 4 is 37.5 Å². The minimum atomic E-state index is -0.0539. The van der Waals surface area contributed by atoms with Crippen LogP contribution in [0.3, 0.4) is 0 Å². The number of aryl methyl sites for hydroxylation is 1. The van der Waals surface area contributed by atoms with Crippen LogP contribution in [-0.2, 0) is 0 Å². The number of fused-ring (bicyclic) bond motifs is 5. The molecule has 1 saturated heterocycles. The predicted molar refractivity (Wildman–Crippen MR) is 84.5 cm³/mol. The second-order valence-corrected chi connectivity index (χ2v) is 6.94. The Morgan fingerprint density at radius 3 is 2.95 bits per heavy atom.